The van der Waals surface area contributed by atoms with Gasteiger partial charge in [0.1, 0.15) is 5.75 Å². The fourth-order valence-corrected chi connectivity index (χ4v) is 5.16. The van der Waals surface area contributed by atoms with Gasteiger partial charge in [0, 0.05) is 12.2 Å². The molecule has 0 aromatic heterocycles. The molecule has 7 nitrogen and oxygen atoms in total. The van der Waals surface area contributed by atoms with Gasteiger partial charge in [0.2, 0.25) is 15.9 Å². The van der Waals surface area contributed by atoms with E-state index in [0.717, 1.165) is 60.9 Å². The maximum absolute atomic E-state index is 12.5. The molecule has 2 aliphatic carbocycles. The van der Waals surface area contributed by atoms with Gasteiger partial charge in [-0.05, 0) is 66.3 Å². The number of anilines is 1. The van der Waals surface area contributed by atoms with Crippen molar-refractivity contribution in [1.82, 2.24) is 10.0 Å². The number of hydrogen-bond donors (Lipinski definition) is 3. The van der Waals surface area contributed by atoms with E-state index in [4.69, 9.17) is 0 Å². The predicted octanol–water partition coefficient (Wildman–Crippen LogP) is 2.43. The maximum Gasteiger partial charge on any atom is 0.332 e. The lowest BCUT2D eigenvalue weighted by Crippen LogP contribution is -2.41. The predicted molar refractivity (Wildman–Crippen MR) is 115 cm³/mol. The first kappa shape index (κ1) is 20.4. The van der Waals surface area contributed by atoms with Crippen LogP contribution in [0.1, 0.15) is 40.7 Å². The summed E-state index contributed by atoms with van der Waals surface area (Å²) < 4.78 is 26.6. The second kappa shape index (κ2) is 8.47. The number of sulfonamides is 1. The van der Waals surface area contributed by atoms with E-state index in [0.29, 0.717) is 0 Å². The third-order valence-electron chi connectivity index (χ3n) is 5.61. The molecular weight excluding hydrogens is 402 g/mol. The molecule has 3 N–H and O–H groups in total. The van der Waals surface area contributed by atoms with E-state index in [9.17, 15) is 18.0 Å². The second-order valence-corrected chi connectivity index (χ2v) is 9.53. The highest BCUT2D eigenvalue weighted by atomic mass is 32.2. The van der Waals surface area contributed by atoms with Gasteiger partial charge in [-0.25, -0.2) is 17.9 Å². The molecule has 0 radical (unpaired) electrons. The zero-order chi connectivity index (χ0) is 21.1. The van der Waals surface area contributed by atoms with Crippen molar-refractivity contribution < 1.29 is 18.0 Å². The van der Waals surface area contributed by atoms with Crippen LogP contribution < -0.4 is 15.4 Å². The van der Waals surface area contributed by atoms with E-state index in [2.05, 4.69) is 16.7 Å². The molecule has 158 valence electrons. The number of rotatable bonds is 6. The van der Waals surface area contributed by atoms with Gasteiger partial charge in [-0.2, -0.15) is 0 Å². The molecule has 2 aliphatic rings. The van der Waals surface area contributed by atoms with Gasteiger partial charge in [0.25, 0.3) is 0 Å². The smallest absolute Gasteiger partial charge is 0.332 e. The van der Waals surface area contributed by atoms with Crippen LogP contribution in [0.15, 0.2) is 36.4 Å². The van der Waals surface area contributed by atoms with Gasteiger partial charge >= 0.3 is 6.03 Å². The molecule has 0 fully saturated rings. The highest BCUT2D eigenvalue weighted by Gasteiger charge is 2.26. The van der Waals surface area contributed by atoms with Gasteiger partial charge in [0.05, 0.1) is 0 Å². The number of amides is 3. The van der Waals surface area contributed by atoms with Gasteiger partial charge in [0.15, 0.2) is 0 Å². The monoisotopic (exact) mass is 427 g/mol. The summed E-state index contributed by atoms with van der Waals surface area (Å²) in [7, 11) is -4.11. The molecule has 0 heterocycles. The summed E-state index contributed by atoms with van der Waals surface area (Å²) in [6.07, 6.45) is 5.81. The zero-order valence-electron chi connectivity index (χ0n) is 16.7. The van der Waals surface area contributed by atoms with E-state index >= 15 is 0 Å². The first-order chi connectivity index (χ1) is 14.4. The van der Waals surface area contributed by atoms with Crippen molar-refractivity contribution in [3.63, 3.8) is 0 Å². The maximum atomic E-state index is 12.5. The van der Waals surface area contributed by atoms with E-state index < -0.39 is 27.7 Å². The molecule has 4 rings (SSSR count). The number of hydrogen-bond acceptors (Lipinski definition) is 4. The first-order valence-corrected chi connectivity index (χ1v) is 11.8. The van der Waals surface area contributed by atoms with Crippen LogP contribution in [0.4, 0.5) is 10.5 Å². The molecule has 2 aromatic carbocycles. The number of carbonyl (C=O) groups excluding carboxylic acids is 2. The van der Waals surface area contributed by atoms with Crippen molar-refractivity contribution >= 4 is 27.6 Å². The molecule has 0 saturated carbocycles. The summed E-state index contributed by atoms with van der Waals surface area (Å²) >= 11 is 0. The van der Waals surface area contributed by atoms with E-state index in [-0.39, 0.29) is 6.54 Å². The lowest BCUT2D eigenvalue weighted by atomic mass is 9.99. The van der Waals surface area contributed by atoms with Gasteiger partial charge < -0.3 is 10.6 Å². The Morgan fingerprint density at radius 3 is 2.17 bits per heavy atom. The molecule has 30 heavy (non-hydrogen) atoms. The molecule has 2 aromatic rings. The van der Waals surface area contributed by atoms with E-state index in [1.807, 2.05) is 35.1 Å². The average molecular weight is 428 g/mol. The standard InChI is InChI=1S/C22H25N3O4S/c26-20(23-13-15-6-2-1-3-7-15)14-30(28,29)25-22(27)24-21-18-10-4-8-16(18)12-17-9-5-11-19(17)21/h1-3,6-7,12H,4-5,8-11,13-14H2,(H,23,26)(H2,24,25,27). The normalized spacial score (nSPS) is 14.7. The van der Waals surface area contributed by atoms with Crippen molar-refractivity contribution in [1.29, 1.82) is 0 Å². The Morgan fingerprint density at radius 1 is 0.900 bits per heavy atom. The SMILES string of the molecule is O=C(CS(=O)(=O)NC(=O)Nc1c2c(cc3c1CCC3)CCC2)NCc1ccccc1. The average Bonchev–Trinajstić information content (AvgIpc) is 3.35. The number of nitrogens with one attached hydrogen (secondary N) is 3. The Kier molecular flexibility index (Phi) is 5.76. The molecule has 0 atom stereocenters. The first-order valence-electron chi connectivity index (χ1n) is 10.2. The number of fused-ring (bicyclic) bond motifs is 2. The van der Waals surface area contributed by atoms with Gasteiger partial charge in [-0.1, -0.05) is 36.4 Å². The fraction of sp³-hybridized carbons (Fsp3) is 0.364. The lowest BCUT2D eigenvalue weighted by molar-refractivity contribution is -0.118. The van der Waals surface area contributed by atoms with E-state index in [1.54, 1.807) is 0 Å². The molecule has 0 aliphatic heterocycles. The Morgan fingerprint density at radius 2 is 1.53 bits per heavy atom. The number of aryl methyl sites for hydroxylation is 2. The number of benzene rings is 2. The van der Waals surface area contributed by atoms with Crippen LogP contribution in [0, 0.1) is 0 Å². The Labute approximate surface area is 176 Å². The van der Waals surface area contributed by atoms with Crippen LogP contribution in [-0.2, 0) is 47.0 Å². The summed E-state index contributed by atoms with van der Waals surface area (Å²) in [5, 5.41) is 5.33. The van der Waals surface area contributed by atoms with Crippen LogP contribution in [0.2, 0.25) is 0 Å². The molecule has 3 amide bonds. The van der Waals surface area contributed by atoms with E-state index in [1.165, 1.54) is 11.1 Å². The molecule has 0 spiro atoms. The number of urea groups is 1. The van der Waals surface area contributed by atoms with Crippen molar-refractivity contribution in [3.05, 3.63) is 64.2 Å². The summed E-state index contributed by atoms with van der Waals surface area (Å²) in [6.45, 7) is 0.226. The van der Waals surface area contributed by atoms with Crippen molar-refractivity contribution in [2.45, 2.75) is 45.1 Å². The third kappa shape index (κ3) is 4.64. The molecule has 8 heteroatoms. The fourth-order valence-electron chi connectivity index (χ4n) is 4.30. The Balaban J connectivity index is 1.38. The van der Waals surface area contributed by atoms with Crippen LogP contribution >= 0.6 is 0 Å². The summed E-state index contributed by atoms with van der Waals surface area (Å²) in [4.78, 5) is 24.5. The minimum absolute atomic E-state index is 0.226. The van der Waals surface area contributed by atoms with Crippen LogP contribution in [-0.4, -0.2) is 26.1 Å². The molecule has 0 bridgehead atoms. The Hall–Kier alpha value is -2.87. The largest absolute Gasteiger partial charge is 0.351 e. The minimum Gasteiger partial charge on any atom is -0.351 e. The van der Waals surface area contributed by atoms with Gasteiger partial charge in [-0.15, -0.1) is 0 Å². The van der Waals surface area contributed by atoms with Crippen LogP contribution in [0.3, 0.4) is 0 Å². The van der Waals surface area contributed by atoms with Crippen molar-refractivity contribution in [3.8, 4) is 0 Å². The van der Waals surface area contributed by atoms with Crippen molar-refractivity contribution in [2.24, 2.45) is 0 Å². The topological polar surface area (TPSA) is 104 Å². The summed E-state index contributed by atoms with van der Waals surface area (Å²) in [5.74, 6) is -1.47. The third-order valence-corrected chi connectivity index (χ3v) is 6.75. The molecular formula is C22H25N3O4S. The minimum atomic E-state index is -4.11. The number of carbonyl (C=O) groups is 2. The van der Waals surface area contributed by atoms with Crippen LogP contribution in [0.25, 0.3) is 0 Å². The highest BCUT2D eigenvalue weighted by molar-refractivity contribution is 7.90. The summed E-state index contributed by atoms with van der Waals surface area (Å²) in [5.41, 5.74) is 6.34. The quantitative estimate of drug-likeness (QED) is 0.659. The van der Waals surface area contributed by atoms with Crippen molar-refractivity contribution in [2.75, 3.05) is 11.1 Å². The lowest BCUT2D eigenvalue weighted by Gasteiger charge is -2.16. The zero-order valence-corrected chi connectivity index (χ0v) is 17.5. The highest BCUT2D eigenvalue weighted by Crippen LogP contribution is 2.38. The second-order valence-electron chi connectivity index (χ2n) is 7.81. The van der Waals surface area contributed by atoms with Gasteiger partial charge in [-0.3, -0.25) is 4.79 Å². The van der Waals surface area contributed by atoms with Crippen LogP contribution in [0.5, 0.6) is 0 Å². The molecule has 0 saturated heterocycles. The molecule has 0 unspecified atom stereocenters. The summed E-state index contributed by atoms with van der Waals surface area (Å²) in [6, 6.07) is 10.6. The Bertz CT molecular complexity index is 1050.